The van der Waals surface area contributed by atoms with Crippen LogP contribution in [-0.2, 0) is 4.74 Å². The zero-order valence-corrected chi connectivity index (χ0v) is 15.2. The predicted molar refractivity (Wildman–Crippen MR) is 91.9 cm³/mol. The van der Waals surface area contributed by atoms with E-state index in [4.69, 9.17) is 4.74 Å². The number of ether oxygens (including phenoxy) is 2. The van der Waals surface area contributed by atoms with Gasteiger partial charge in [0.2, 0.25) is 0 Å². The molecular formula is C18H19F3N2O4. The van der Waals surface area contributed by atoms with Crippen LogP contribution in [0.3, 0.4) is 0 Å². The maximum atomic E-state index is 12.5. The number of carbonyl (C=O) groups excluding carboxylic acids is 2. The molecule has 0 bridgehead atoms. The number of halogens is 3. The molecule has 1 heterocycles. The number of aromatic amines is 1. The third-order valence-corrected chi connectivity index (χ3v) is 3.56. The van der Waals surface area contributed by atoms with E-state index in [2.05, 4.69) is 15.0 Å². The maximum Gasteiger partial charge on any atom is 0.573 e. The standard InChI is InChI=1S/C18H19F3N2O4/c1-9(2)26-17(25)14-10(3)15(22-11(14)4)16(24)23-12-5-7-13(8-6-12)27-18(19,20)21/h5-9,22H,1-4H3,(H,23,24). The highest BCUT2D eigenvalue weighted by Gasteiger charge is 2.31. The summed E-state index contributed by atoms with van der Waals surface area (Å²) in [5.41, 5.74) is 1.62. The number of aromatic nitrogens is 1. The number of rotatable bonds is 5. The SMILES string of the molecule is Cc1[nH]c(C(=O)Nc2ccc(OC(F)(F)F)cc2)c(C)c1C(=O)OC(C)C. The number of nitrogens with one attached hydrogen (secondary N) is 2. The third kappa shape index (κ3) is 5.25. The smallest absolute Gasteiger partial charge is 0.459 e. The average Bonchev–Trinajstić information content (AvgIpc) is 2.82. The lowest BCUT2D eigenvalue weighted by atomic mass is 10.1. The number of H-pyrrole nitrogens is 1. The van der Waals surface area contributed by atoms with Gasteiger partial charge in [0.1, 0.15) is 11.4 Å². The summed E-state index contributed by atoms with van der Waals surface area (Å²) in [7, 11) is 0. The number of alkyl halides is 3. The number of hydrogen-bond acceptors (Lipinski definition) is 4. The molecule has 1 aromatic carbocycles. The van der Waals surface area contributed by atoms with Crippen LogP contribution < -0.4 is 10.1 Å². The van der Waals surface area contributed by atoms with Crippen molar-refractivity contribution in [2.75, 3.05) is 5.32 Å². The monoisotopic (exact) mass is 384 g/mol. The summed E-state index contributed by atoms with van der Waals surface area (Å²) in [6.07, 6.45) is -5.09. The van der Waals surface area contributed by atoms with Crippen LogP contribution in [0.1, 0.15) is 46.0 Å². The molecule has 0 atom stereocenters. The van der Waals surface area contributed by atoms with Crippen LogP contribution in [0.2, 0.25) is 0 Å². The molecule has 2 aromatic rings. The van der Waals surface area contributed by atoms with Gasteiger partial charge >= 0.3 is 12.3 Å². The quantitative estimate of drug-likeness (QED) is 0.751. The Kier molecular flexibility index (Phi) is 5.82. The Balaban J connectivity index is 2.16. The summed E-state index contributed by atoms with van der Waals surface area (Å²) in [5.74, 6) is -1.47. The van der Waals surface area contributed by atoms with Crippen LogP contribution >= 0.6 is 0 Å². The molecule has 0 spiro atoms. The summed E-state index contributed by atoms with van der Waals surface area (Å²) in [4.78, 5) is 27.5. The van der Waals surface area contributed by atoms with Crippen molar-refractivity contribution in [2.24, 2.45) is 0 Å². The molecule has 0 saturated heterocycles. The van der Waals surface area contributed by atoms with Gasteiger partial charge in [-0.2, -0.15) is 0 Å². The average molecular weight is 384 g/mol. The number of esters is 1. The number of anilines is 1. The molecule has 0 aliphatic rings. The van der Waals surface area contributed by atoms with Crippen molar-refractivity contribution in [3.05, 3.63) is 46.8 Å². The fraction of sp³-hybridized carbons (Fsp3) is 0.333. The van der Waals surface area contributed by atoms with Gasteiger partial charge < -0.3 is 19.8 Å². The lowest BCUT2D eigenvalue weighted by Gasteiger charge is -2.10. The number of benzene rings is 1. The van der Waals surface area contributed by atoms with E-state index in [0.717, 1.165) is 12.1 Å². The normalized spacial score (nSPS) is 11.4. The zero-order valence-electron chi connectivity index (χ0n) is 15.2. The van der Waals surface area contributed by atoms with Crippen LogP contribution in [0.5, 0.6) is 5.75 Å². The van der Waals surface area contributed by atoms with Gasteiger partial charge in [-0.05, 0) is 57.5 Å². The minimum absolute atomic E-state index is 0.166. The molecule has 2 N–H and O–H groups in total. The summed E-state index contributed by atoms with van der Waals surface area (Å²) in [6, 6.07) is 4.72. The molecule has 0 saturated carbocycles. The van der Waals surface area contributed by atoms with Crippen molar-refractivity contribution < 1.29 is 32.2 Å². The van der Waals surface area contributed by atoms with Gasteiger partial charge in [0, 0.05) is 11.4 Å². The topological polar surface area (TPSA) is 80.4 Å². The molecule has 0 aliphatic heterocycles. The summed E-state index contributed by atoms with van der Waals surface area (Å²) in [5, 5.41) is 2.55. The largest absolute Gasteiger partial charge is 0.573 e. The van der Waals surface area contributed by atoms with Crippen molar-refractivity contribution in [1.29, 1.82) is 0 Å². The molecule has 27 heavy (non-hydrogen) atoms. The zero-order chi connectivity index (χ0) is 20.4. The van der Waals surface area contributed by atoms with Crippen LogP contribution in [0.25, 0.3) is 0 Å². The minimum Gasteiger partial charge on any atom is -0.459 e. The Labute approximate surface area is 153 Å². The number of hydrogen-bond donors (Lipinski definition) is 2. The molecule has 1 amide bonds. The molecule has 146 valence electrons. The fourth-order valence-corrected chi connectivity index (χ4v) is 2.49. The molecule has 9 heteroatoms. The maximum absolute atomic E-state index is 12.5. The van der Waals surface area contributed by atoms with Crippen molar-refractivity contribution in [3.63, 3.8) is 0 Å². The Morgan fingerprint density at radius 3 is 2.22 bits per heavy atom. The Morgan fingerprint density at radius 2 is 1.70 bits per heavy atom. The third-order valence-electron chi connectivity index (χ3n) is 3.56. The van der Waals surface area contributed by atoms with Crippen molar-refractivity contribution >= 4 is 17.6 Å². The first kappa shape index (κ1) is 20.3. The summed E-state index contributed by atoms with van der Waals surface area (Å²) < 4.78 is 45.4. The first-order chi connectivity index (χ1) is 12.5. The van der Waals surface area contributed by atoms with E-state index in [1.807, 2.05) is 0 Å². The highest BCUT2D eigenvalue weighted by atomic mass is 19.4. The number of amides is 1. The van der Waals surface area contributed by atoms with Gasteiger partial charge in [-0.3, -0.25) is 4.79 Å². The molecule has 0 radical (unpaired) electrons. The van der Waals surface area contributed by atoms with Gasteiger partial charge in [0.25, 0.3) is 5.91 Å². The van der Waals surface area contributed by atoms with Gasteiger partial charge in [-0.1, -0.05) is 0 Å². The van der Waals surface area contributed by atoms with E-state index in [0.29, 0.717) is 11.3 Å². The van der Waals surface area contributed by atoms with E-state index < -0.39 is 24.0 Å². The molecule has 0 fully saturated rings. The highest BCUT2D eigenvalue weighted by molar-refractivity contribution is 6.06. The molecular weight excluding hydrogens is 365 g/mol. The molecule has 1 aromatic heterocycles. The predicted octanol–water partition coefficient (Wildman–Crippen LogP) is 4.35. The molecule has 0 aliphatic carbocycles. The lowest BCUT2D eigenvalue weighted by Crippen LogP contribution is -2.17. The first-order valence-electron chi connectivity index (χ1n) is 8.05. The van der Waals surface area contributed by atoms with Crippen LogP contribution in [0.15, 0.2) is 24.3 Å². The summed E-state index contributed by atoms with van der Waals surface area (Å²) in [6.45, 7) is 6.68. The minimum atomic E-state index is -4.79. The van der Waals surface area contributed by atoms with Gasteiger partial charge in [-0.15, -0.1) is 13.2 Å². The fourth-order valence-electron chi connectivity index (χ4n) is 2.49. The van der Waals surface area contributed by atoms with Crippen LogP contribution in [-0.4, -0.2) is 29.3 Å². The van der Waals surface area contributed by atoms with E-state index in [1.165, 1.54) is 12.1 Å². The number of aryl methyl sites for hydroxylation is 1. The van der Waals surface area contributed by atoms with Crippen molar-refractivity contribution in [1.82, 2.24) is 4.98 Å². The van der Waals surface area contributed by atoms with Gasteiger partial charge in [-0.25, -0.2) is 4.79 Å². The second-order valence-electron chi connectivity index (χ2n) is 6.11. The lowest BCUT2D eigenvalue weighted by molar-refractivity contribution is -0.274. The van der Waals surface area contributed by atoms with Crippen molar-refractivity contribution in [2.45, 2.75) is 40.2 Å². The highest BCUT2D eigenvalue weighted by Crippen LogP contribution is 2.25. The van der Waals surface area contributed by atoms with E-state index in [1.54, 1.807) is 27.7 Å². The Bertz CT molecular complexity index is 840. The van der Waals surface area contributed by atoms with Gasteiger partial charge in [0.15, 0.2) is 0 Å². The van der Waals surface area contributed by atoms with Gasteiger partial charge in [0.05, 0.1) is 11.7 Å². The summed E-state index contributed by atoms with van der Waals surface area (Å²) >= 11 is 0. The van der Waals surface area contributed by atoms with Crippen LogP contribution in [0, 0.1) is 13.8 Å². The van der Waals surface area contributed by atoms with Crippen LogP contribution in [0.4, 0.5) is 18.9 Å². The Hall–Kier alpha value is -2.97. The molecule has 2 rings (SSSR count). The first-order valence-corrected chi connectivity index (χ1v) is 8.05. The van der Waals surface area contributed by atoms with Crippen molar-refractivity contribution in [3.8, 4) is 5.75 Å². The van der Waals surface area contributed by atoms with E-state index in [-0.39, 0.29) is 23.0 Å². The second kappa shape index (κ2) is 7.73. The molecule has 0 unspecified atom stereocenters. The molecule has 6 nitrogen and oxygen atoms in total. The second-order valence-corrected chi connectivity index (χ2v) is 6.11. The number of carbonyl (C=O) groups is 2. The van der Waals surface area contributed by atoms with E-state index >= 15 is 0 Å². The Morgan fingerprint density at radius 1 is 1.11 bits per heavy atom. The van der Waals surface area contributed by atoms with E-state index in [9.17, 15) is 22.8 Å².